The predicted molar refractivity (Wildman–Crippen MR) is 107 cm³/mol. The number of anilines is 1. The van der Waals surface area contributed by atoms with Gasteiger partial charge in [-0.2, -0.15) is 5.10 Å². The Bertz CT molecular complexity index is 1040. The summed E-state index contributed by atoms with van der Waals surface area (Å²) in [4.78, 5) is 31.1. The molecule has 9 heteroatoms. The van der Waals surface area contributed by atoms with Gasteiger partial charge in [-0.05, 0) is 25.8 Å². The molecule has 1 aliphatic rings. The van der Waals surface area contributed by atoms with Crippen LogP contribution in [0.1, 0.15) is 41.3 Å². The zero-order valence-corrected chi connectivity index (χ0v) is 16.6. The van der Waals surface area contributed by atoms with Gasteiger partial charge in [0, 0.05) is 19.7 Å². The van der Waals surface area contributed by atoms with Gasteiger partial charge in [-0.3, -0.25) is 14.5 Å². The highest BCUT2D eigenvalue weighted by molar-refractivity contribution is 6.00. The summed E-state index contributed by atoms with van der Waals surface area (Å²) < 4.78 is 3.43. The highest BCUT2D eigenvalue weighted by atomic mass is 16.2. The molecule has 0 fully saturated rings. The molecule has 0 radical (unpaired) electrons. The van der Waals surface area contributed by atoms with Gasteiger partial charge in [-0.15, -0.1) is 5.10 Å². The number of benzene rings is 1. The van der Waals surface area contributed by atoms with Gasteiger partial charge in [0.05, 0.1) is 11.7 Å². The average molecular weight is 393 g/mol. The van der Waals surface area contributed by atoms with Gasteiger partial charge in [0.15, 0.2) is 0 Å². The normalized spacial score (nSPS) is 17.6. The molecule has 9 nitrogen and oxygen atoms in total. The Kier molecular flexibility index (Phi) is 4.87. The summed E-state index contributed by atoms with van der Waals surface area (Å²) in [6.07, 6.45) is 1.98. The highest BCUT2D eigenvalue weighted by Crippen LogP contribution is 2.21. The molecule has 29 heavy (non-hydrogen) atoms. The molecule has 3 heterocycles. The molecule has 0 spiro atoms. The molecule has 0 saturated heterocycles. The molecule has 1 aliphatic heterocycles. The third kappa shape index (κ3) is 3.63. The van der Waals surface area contributed by atoms with E-state index < -0.39 is 11.9 Å². The molecule has 2 aromatic heterocycles. The van der Waals surface area contributed by atoms with E-state index >= 15 is 0 Å². The SMILES string of the molecule is Cc1cc2n(n1)CC[C@H](NC(=O)c1ncn([C@H](C)c3ccccc3)n1)C(=O)N2C. The molecule has 1 aromatic carbocycles. The number of hydrogen-bond donors (Lipinski definition) is 1. The molecule has 0 saturated carbocycles. The van der Waals surface area contributed by atoms with Crippen molar-refractivity contribution in [2.45, 2.75) is 38.9 Å². The van der Waals surface area contributed by atoms with Crippen LogP contribution in [0.15, 0.2) is 42.7 Å². The topological polar surface area (TPSA) is 97.9 Å². The molecule has 4 rings (SSSR count). The van der Waals surface area contributed by atoms with E-state index in [1.807, 2.05) is 50.2 Å². The lowest BCUT2D eigenvalue weighted by atomic mass is 10.1. The van der Waals surface area contributed by atoms with E-state index in [0.717, 1.165) is 17.1 Å². The number of carbonyl (C=O) groups is 2. The quantitative estimate of drug-likeness (QED) is 0.725. The first-order chi connectivity index (χ1) is 13.9. The Morgan fingerprint density at radius 3 is 2.76 bits per heavy atom. The highest BCUT2D eigenvalue weighted by Gasteiger charge is 2.31. The van der Waals surface area contributed by atoms with Gasteiger partial charge >= 0.3 is 0 Å². The number of aryl methyl sites for hydroxylation is 2. The summed E-state index contributed by atoms with van der Waals surface area (Å²) in [6, 6.07) is 11.0. The van der Waals surface area contributed by atoms with Crippen LogP contribution in [0.5, 0.6) is 0 Å². The van der Waals surface area contributed by atoms with Crippen molar-refractivity contribution in [2.24, 2.45) is 0 Å². The number of aromatic nitrogens is 5. The van der Waals surface area contributed by atoms with Gasteiger partial charge in [0.2, 0.25) is 5.82 Å². The summed E-state index contributed by atoms with van der Waals surface area (Å²) in [6.45, 7) is 4.41. The first kappa shape index (κ1) is 18.9. The molecule has 0 unspecified atom stereocenters. The van der Waals surface area contributed by atoms with Crippen LogP contribution in [0.3, 0.4) is 0 Å². The van der Waals surface area contributed by atoms with E-state index in [1.54, 1.807) is 16.4 Å². The van der Waals surface area contributed by atoms with Gasteiger partial charge < -0.3 is 5.32 Å². The van der Waals surface area contributed by atoms with Crippen molar-refractivity contribution in [1.82, 2.24) is 29.9 Å². The number of amides is 2. The number of rotatable bonds is 4. The maximum atomic E-state index is 12.8. The molecule has 2 amide bonds. The minimum Gasteiger partial charge on any atom is -0.337 e. The van der Waals surface area contributed by atoms with Crippen LogP contribution in [-0.4, -0.2) is 49.4 Å². The zero-order valence-electron chi connectivity index (χ0n) is 16.6. The third-order valence-corrected chi connectivity index (χ3v) is 5.18. The minimum absolute atomic E-state index is 0.0427. The summed E-state index contributed by atoms with van der Waals surface area (Å²) in [7, 11) is 1.69. The summed E-state index contributed by atoms with van der Waals surface area (Å²) in [5, 5.41) is 11.5. The van der Waals surface area contributed by atoms with Crippen molar-refractivity contribution in [3.63, 3.8) is 0 Å². The van der Waals surface area contributed by atoms with E-state index in [2.05, 4.69) is 20.5 Å². The Balaban J connectivity index is 1.47. The number of carbonyl (C=O) groups excluding carboxylic acids is 2. The predicted octanol–water partition coefficient (Wildman–Crippen LogP) is 1.56. The number of hydrogen-bond acceptors (Lipinski definition) is 5. The number of fused-ring (bicyclic) bond motifs is 1. The lowest BCUT2D eigenvalue weighted by Gasteiger charge is -2.19. The van der Waals surface area contributed by atoms with Crippen LogP contribution in [0.25, 0.3) is 0 Å². The molecule has 150 valence electrons. The van der Waals surface area contributed by atoms with E-state index in [-0.39, 0.29) is 17.8 Å². The fourth-order valence-corrected chi connectivity index (χ4v) is 3.49. The summed E-state index contributed by atoms with van der Waals surface area (Å²) in [5.74, 6) is 0.116. The molecule has 0 bridgehead atoms. The standard InChI is InChI=1S/C20H23N7O2/c1-13-11-17-25(3)20(29)16(9-10-26(17)23-13)22-19(28)18-21-12-27(24-18)14(2)15-7-5-4-6-8-15/h4-8,11-12,14,16H,9-10H2,1-3H3,(H,22,28)/t14-,16+/m1/s1. The largest absolute Gasteiger partial charge is 0.337 e. The van der Waals surface area contributed by atoms with Gasteiger partial charge in [-0.25, -0.2) is 14.3 Å². The van der Waals surface area contributed by atoms with E-state index in [0.29, 0.717) is 13.0 Å². The zero-order chi connectivity index (χ0) is 20.5. The van der Waals surface area contributed by atoms with Crippen molar-refractivity contribution in [2.75, 3.05) is 11.9 Å². The Morgan fingerprint density at radius 1 is 1.24 bits per heavy atom. The molecule has 1 N–H and O–H groups in total. The fraction of sp³-hybridized carbons (Fsp3) is 0.350. The molecule has 3 aromatic rings. The number of nitrogens with one attached hydrogen (secondary N) is 1. The molecule has 0 aliphatic carbocycles. The lowest BCUT2D eigenvalue weighted by molar-refractivity contribution is -0.120. The number of nitrogens with zero attached hydrogens (tertiary/aromatic N) is 6. The molecule has 2 atom stereocenters. The van der Waals surface area contributed by atoms with Crippen LogP contribution in [0.2, 0.25) is 0 Å². The fourth-order valence-electron chi connectivity index (χ4n) is 3.49. The van der Waals surface area contributed by atoms with E-state index in [4.69, 9.17) is 0 Å². The van der Waals surface area contributed by atoms with Crippen molar-refractivity contribution < 1.29 is 9.59 Å². The van der Waals surface area contributed by atoms with Crippen molar-refractivity contribution in [3.05, 3.63) is 59.8 Å². The smallest absolute Gasteiger partial charge is 0.291 e. The minimum atomic E-state index is -0.659. The van der Waals surface area contributed by atoms with Crippen LogP contribution in [0, 0.1) is 6.92 Å². The monoisotopic (exact) mass is 393 g/mol. The third-order valence-electron chi connectivity index (χ3n) is 5.18. The Morgan fingerprint density at radius 2 is 2.00 bits per heavy atom. The van der Waals surface area contributed by atoms with E-state index in [9.17, 15) is 9.59 Å². The lowest BCUT2D eigenvalue weighted by Crippen LogP contribution is -2.47. The summed E-state index contributed by atoms with van der Waals surface area (Å²) in [5.41, 5.74) is 1.92. The second kappa shape index (κ2) is 7.50. The van der Waals surface area contributed by atoms with E-state index in [1.165, 1.54) is 11.2 Å². The second-order valence-corrected chi connectivity index (χ2v) is 7.21. The molecular formula is C20H23N7O2. The molecular weight excluding hydrogens is 370 g/mol. The summed E-state index contributed by atoms with van der Waals surface area (Å²) >= 11 is 0. The maximum Gasteiger partial charge on any atom is 0.291 e. The second-order valence-electron chi connectivity index (χ2n) is 7.21. The van der Waals surface area contributed by atoms with Crippen LogP contribution < -0.4 is 10.2 Å². The van der Waals surface area contributed by atoms with Crippen LogP contribution in [-0.2, 0) is 11.3 Å². The van der Waals surface area contributed by atoms with Crippen molar-refractivity contribution in [3.8, 4) is 0 Å². The first-order valence-electron chi connectivity index (χ1n) is 9.53. The van der Waals surface area contributed by atoms with Gasteiger partial charge in [0.1, 0.15) is 18.2 Å². The van der Waals surface area contributed by atoms with Crippen molar-refractivity contribution >= 4 is 17.6 Å². The van der Waals surface area contributed by atoms with Crippen molar-refractivity contribution in [1.29, 1.82) is 0 Å². The average Bonchev–Trinajstić information content (AvgIpc) is 3.34. The van der Waals surface area contributed by atoms with Crippen LogP contribution in [0.4, 0.5) is 5.82 Å². The first-order valence-corrected chi connectivity index (χ1v) is 9.53. The van der Waals surface area contributed by atoms with Crippen LogP contribution >= 0.6 is 0 Å². The number of likely N-dealkylation sites (N-methyl/N-ethyl adjacent to an activating group) is 1. The van der Waals surface area contributed by atoms with Gasteiger partial charge in [0.25, 0.3) is 11.8 Å². The Hall–Kier alpha value is -3.49. The Labute approximate surface area is 168 Å². The van der Waals surface area contributed by atoms with Gasteiger partial charge in [-0.1, -0.05) is 30.3 Å². The maximum absolute atomic E-state index is 12.8.